The molecule has 1 fully saturated rings. The van der Waals surface area contributed by atoms with Gasteiger partial charge in [0, 0.05) is 19.5 Å². The van der Waals surface area contributed by atoms with E-state index in [-0.39, 0.29) is 46.8 Å². The van der Waals surface area contributed by atoms with Crippen LogP contribution < -0.4 is 21.9 Å². The Morgan fingerprint density at radius 2 is 2.16 bits per heavy atom. The van der Waals surface area contributed by atoms with Gasteiger partial charge in [-0.15, -0.1) is 0 Å². The molecule has 4 N–H and O–H groups in total. The quantitative estimate of drug-likeness (QED) is 0.647. The van der Waals surface area contributed by atoms with E-state index in [1.165, 1.54) is 17.0 Å². The number of carbonyl (C=O) groups excluding carboxylic acids is 1. The third-order valence-electron chi connectivity index (χ3n) is 5.69. The number of pyridine rings is 1. The number of alkyl halides is 2. The van der Waals surface area contributed by atoms with Gasteiger partial charge in [-0.1, -0.05) is 11.6 Å². The number of nitrogen functional groups attached to an aromatic ring is 1. The molecule has 0 bridgehead atoms. The minimum atomic E-state index is -2.47. The maximum atomic E-state index is 13.5. The van der Waals surface area contributed by atoms with Crippen LogP contribution in [0.2, 0.25) is 5.02 Å². The third kappa shape index (κ3) is 3.72. The number of anilines is 3. The molecule has 31 heavy (non-hydrogen) atoms. The molecule has 4 heterocycles. The number of carbonyl (C=O) groups is 1. The van der Waals surface area contributed by atoms with E-state index in [1.54, 1.807) is 14.0 Å². The highest BCUT2D eigenvalue weighted by atomic mass is 35.5. The number of nitrogens with one attached hydrogen (secondary N) is 2. The molecule has 4 rings (SSSR count). The summed E-state index contributed by atoms with van der Waals surface area (Å²) in [5.74, 6) is -0.593. The van der Waals surface area contributed by atoms with Crippen LogP contribution in [0.4, 0.5) is 26.1 Å². The minimum absolute atomic E-state index is 0.0502. The molecule has 2 aromatic heterocycles. The van der Waals surface area contributed by atoms with Crippen molar-refractivity contribution in [2.24, 2.45) is 5.92 Å². The van der Waals surface area contributed by atoms with Gasteiger partial charge in [-0.2, -0.15) is 0 Å². The van der Waals surface area contributed by atoms with E-state index < -0.39 is 23.6 Å². The number of rotatable bonds is 4. The lowest BCUT2D eigenvalue weighted by molar-refractivity contribution is 0.0238. The van der Waals surface area contributed by atoms with Crippen LogP contribution in [-0.2, 0) is 5.66 Å². The Balaban J connectivity index is 1.81. The molecule has 0 aliphatic carbocycles. The largest absolute Gasteiger partial charge is 0.382 e. The predicted molar refractivity (Wildman–Crippen MR) is 112 cm³/mol. The van der Waals surface area contributed by atoms with Crippen LogP contribution in [0, 0.1) is 12.8 Å². The van der Waals surface area contributed by atoms with Crippen LogP contribution in [-0.4, -0.2) is 51.9 Å². The number of hydrogen-bond donors (Lipinski definition) is 3. The predicted octanol–water partition coefficient (Wildman–Crippen LogP) is 1.93. The number of nitrogens with two attached hydrogens (primary N) is 1. The maximum absolute atomic E-state index is 13.5. The number of amides is 1. The van der Waals surface area contributed by atoms with Crippen LogP contribution in [0.1, 0.15) is 28.9 Å². The molecule has 12 heteroatoms. The lowest BCUT2D eigenvalue weighted by Gasteiger charge is -2.43. The summed E-state index contributed by atoms with van der Waals surface area (Å²) < 4.78 is 27.6. The Bertz CT molecular complexity index is 1110. The van der Waals surface area contributed by atoms with Crippen molar-refractivity contribution in [3.05, 3.63) is 39.0 Å². The zero-order chi connectivity index (χ0) is 22.5. The SMILES string of the molecule is Cc1cc(Nc2ncnc(N)c2Cl)c(=O)n2c1C(=O)NC21CC(CC(F)F)CN(C)C1. The van der Waals surface area contributed by atoms with Crippen molar-refractivity contribution in [1.29, 1.82) is 0 Å². The van der Waals surface area contributed by atoms with E-state index in [9.17, 15) is 18.4 Å². The van der Waals surface area contributed by atoms with E-state index in [2.05, 4.69) is 20.6 Å². The summed E-state index contributed by atoms with van der Waals surface area (Å²) in [5, 5.41) is 5.83. The van der Waals surface area contributed by atoms with Gasteiger partial charge in [-0.25, -0.2) is 18.7 Å². The van der Waals surface area contributed by atoms with Gasteiger partial charge in [0.25, 0.3) is 11.5 Å². The average Bonchev–Trinajstić information content (AvgIpc) is 2.93. The fourth-order valence-corrected chi connectivity index (χ4v) is 4.81. The molecule has 0 saturated carbocycles. The first-order valence-electron chi connectivity index (χ1n) is 9.70. The second kappa shape index (κ2) is 7.72. The molecule has 0 radical (unpaired) electrons. The van der Waals surface area contributed by atoms with Crippen molar-refractivity contribution >= 4 is 34.8 Å². The van der Waals surface area contributed by atoms with Gasteiger partial charge in [-0.05, 0) is 37.9 Å². The van der Waals surface area contributed by atoms with Gasteiger partial charge in [-0.3, -0.25) is 14.2 Å². The van der Waals surface area contributed by atoms with Crippen molar-refractivity contribution in [2.75, 3.05) is 31.2 Å². The Morgan fingerprint density at radius 1 is 1.42 bits per heavy atom. The molecule has 2 unspecified atom stereocenters. The number of aryl methyl sites for hydroxylation is 1. The van der Waals surface area contributed by atoms with E-state index in [0.717, 1.165) is 0 Å². The Hall–Kier alpha value is -2.79. The molecule has 2 atom stereocenters. The molecular weight excluding hydrogens is 432 g/mol. The topological polar surface area (TPSA) is 118 Å². The fraction of sp³-hybridized carbons (Fsp3) is 0.474. The molecule has 2 aliphatic heterocycles. The van der Waals surface area contributed by atoms with Gasteiger partial charge in [0.05, 0.1) is 0 Å². The molecule has 2 aromatic rings. The standard InChI is InChI=1S/C19H22ClF2N7O2/c1-9-3-11(26-16-13(20)15(23)24-8-25-16)18(31)29-14(9)17(30)27-19(29)5-10(4-12(21)22)6-28(2)7-19/h3,8,10,12H,4-7H2,1-2H3,(H,27,30)(H3,23,24,25,26). The molecule has 1 saturated heterocycles. The van der Waals surface area contributed by atoms with E-state index in [0.29, 0.717) is 18.7 Å². The Kier molecular flexibility index (Phi) is 5.34. The van der Waals surface area contributed by atoms with Crippen molar-refractivity contribution in [3.8, 4) is 0 Å². The summed E-state index contributed by atoms with van der Waals surface area (Å²) in [4.78, 5) is 36.0. The highest BCUT2D eigenvalue weighted by molar-refractivity contribution is 6.35. The molecule has 166 valence electrons. The zero-order valence-electron chi connectivity index (χ0n) is 17.0. The summed E-state index contributed by atoms with van der Waals surface area (Å²) >= 11 is 6.14. The number of halogens is 3. The van der Waals surface area contributed by atoms with Crippen LogP contribution >= 0.6 is 11.6 Å². The fourth-order valence-electron chi connectivity index (χ4n) is 4.67. The normalized spacial score (nSPS) is 23.3. The summed E-state index contributed by atoms with van der Waals surface area (Å²) in [6, 6.07) is 1.53. The number of aromatic nitrogens is 3. The summed E-state index contributed by atoms with van der Waals surface area (Å²) in [6.45, 7) is 2.47. The second-order valence-electron chi connectivity index (χ2n) is 8.16. The van der Waals surface area contributed by atoms with E-state index in [4.69, 9.17) is 17.3 Å². The Labute approximate surface area is 181 Å². The van der Waals surface area contributed by atoms with Crippen molar-refractivity contribution in [2.45, 2.75) is 31.9 Å². The summed E-state index contributed by atoms with van der Waals surface area (Å²) in [6.07, 6.45) is -1.34. The van der Waals surface area contributed by atoms with Gasteiger partial charge < -0.3 is 21.3 Å². The highest BCUT2D eigenvalue weighted by Gasteiger charge is 2.49. The number of likely N-dealkylation sites (tertiary alicyclic amines) is 1. The smallest absolute Gasteiger partial charge is 0.276 e. The number of piperidine rings is 1. The number of nitrogens with zero attached hydrogens (tertiary/aromatic N) is 4. The highest BCUT2D eigenvalue weighted by Crippen LogP contribution is 2.37. The summed E-state index contributed by atoms with van der Waals surface area (Å²) in [5.41, 5.74) is 5.00. The first kappa shape index (κ1) is 21.4. The van der Waals surface area contributed by atoms with Gasteiger partial charge >= 0.3 is 0 Å². The average molecular weight is 454 g/mol. The van der Waals surface area contributed by atoms with Crippen LogP contribution in [0.3, 0.4) is 0 Å². The molecule has 9 nitrogen and oxygen atoms in total. The van der Waals surface area contributed by atoms with Crippen molar-refractivity contribution < 1.29 is 13.6 Å². The first-order valence-corrected chi connectivity index (χ1v) is 10.1. The Morgan fingerprint density at radius 3 is 2.87 bits per heavy atom. The van der Waals surface area contributed by atoms with E-state index >= 15 is 0 Å². The van der Waals surface area contributed by atoms with Gasteiger partial charge in [0.2, 0.25) is 6.43 Å². The second-order valence-corrected chi connectivity index (χ2v) is 8.53. The molecule has 0 aromatic carbocycles. The first-order chi connectivity index (χ1) is 14.6. The number of fused-ring (bicyclic) bond motifs is 2. The lowest BCUT2D eigenvalue weighted by Crippen LogP contribution is -2.59. The molecule has 1 amide bonds. The monoisotopic (exact) mass is 453 g/mol. The van der Waals surface area contributed by atoms with Crippen LogP contribution in [0.15, 0.2) is 17.2 Å². The van der Waals surface area contributed by atoms with Gasteiger partial charge in [0.15, 0.2) is 5.82 Å². The minimum Gasteiger partial charge on any atom is -0.382 e. The maximum Gasteiger partial charge on any atom is 0.276 e. The van der Waals surface area contributed by atoms with Crippen molar-refractivity contribution in [3.63, 3.8) is 0 Å². The van der Waals surface area contributed by atoms with Crippen LogP contribution in [0.25, 0.3) is 0 Å². The lowest BCUT2D eigenvalue weighted by atomic mass is 9.87. The molecular formula is C19H22ClF2N7O2. The zero-order valence-corrected chi connectivity index (χ0v) is 17.7. The summed E-state index contributed by atoms with van der Waals surface area (Å²) in [7, 11) is 1.78. The van der Waals surface area contributed by atoms with Crippen molar-refractivity contribution in [1.82, 2.24) is 24.8 Å². The van der Waals surface area contributed by atoms with E-state index in [1.807, 2.05) is 4.90 Å². The number of likely N-dealkylation sites (N-methyl/N-ethyl adjacent to an activating group) is 1. The van der Waals surface area contributed by atoms with Gasteiger partial charge in [0.1, 0.15) is 34.2 Å². The molecule has 1 spiro atoms. The number of hydrogen-bond acceptors (Lipinski definition) is 7. The third-order valence-corrected chi connectivity index (χ3v) is 6.06. The molecule has 2 aliphatic rings. The van der Waals surface area contributed by atoms with Crippen LogP contribution in [0.5, 0.6) is 0 Å².